The maximum atomic E-state index is 11.8. The minimum atomic E-state index is -0.703. The standard InChI is InChI=1S/C15H17ClO4/c1-4-19-14(17)13(15(18)20-5-2)9-11-8-12(16)7-6-10(11)3/h6-9H,4-5H2,1-3H3. The SMILES string of the molecule is CCOC(=O)C(=Cc1cc(Cl)ccc1C)C(=O)OCC. The van der Waals surface area contributed by atoms with E-state index in [2.05, 4.69) is 0 Å². The Balaban J connectivity index is 3.21. The maximum Gasteiger partial charge on any atom is 0.345 e. The molecule has 4 nitrogen and oxygen atoms in total. The van der Waals surface area contributed by atoms with Crippen molar-refractivity contribution in [2.75, 3.05) is 13.2 Å². The lowest BCUT2D eigenvalue weighted by molar-refractivity contribution is -0.146. The van der Waals surface area contributed by atoms with Gasteiger partial charge in [-0.25, -0.2) is 9.59 Å². The van der Waals surface area contributed by atoms with Crippen molar-refractivity contribution in [2.24, 2.45) is 0 Å². The molecule has 0 aliphatic rings. The lowest BCUT2D eigenvalue weighted by Gasteiger charge is -2.08. The van der Waals surface area contributed by atoms with E-state index < -0.39 is 11.9 Å². The van der Waals surface area contributed by atoms with Crippen LogP contribution in [0.15, 0.2) is 23.8 Å². The molecule has 0 saturated carbocycles. The number of esters is 2. The van der Waals surface area contributed by atoms with Crippen LogP contribution in [0.3, 0.4) is 0 Å². The maximum absolute atomic E-state index is 11.8. The highest BCUT2D eigenvalue weighted by Crippen LogP contribution is 2.19. The predicted octanol–water partition coefficient (Wildman–Crippen LogP) is 3.16. The molecule has 20 heavy (non-hydrogen) atoms. The highest BCUT2D eigenvalue weighted by molar-refractivity contribution is 6.30. The Bertz CT molecular complexity index is 515. The summed E-state index contributed by atoms with van der Waals surface area (Å²) in [5.74, 6) is -1.41. The fourth-order valence-corrected chi connectivity index (χ4v) is 1.72. The third kappa shape index (κ3) is 4.38. The molecule has 0 atom stereocenters. The average molecular weight is 297 g/mol. The van der Waals surface area contributed by atoms with E-state index in [-0.39, 0.29) is 18.8 Å². The minimum Gasteiger partial charge on any atom is -0.462 e. The molecule has 5 heteroatoms. The van der Waals surface area contributed by atoms with E-state index in [0.29, 0.717) is 10.6 Å². The van der Waals surface area contributed by atoms with Crippen molar-refractivity contribution >= 4 is 29.6 Å². The van der Waals surface area contributed by atoms with Gasteiger partial charge in [0.25, 0.3) is 0 Å². The van der Waals surface area contributed by atoms with Crippen molar-refractivity contribution in [3.8, 4) is 0 Å². The summed E-state index contributed by atoms with van der Waals surface area (Å²) in [4.78, 5) is 23.7. The molecule has 0 heterocycles. The largest absolute Gasteiger partial charge is 0.462 e. The second-order valence-electron chi connectivity index (χ2n) is 4.00. The van der Waals surface area contributed by atoms with E-state index in [1.807, 2.05) is 13.0 Å². The van der Waals surface area contributed by atoms with Gasteiger partial charge in [0.15, 0.2) is 0 Å². The van der Waals surface area contributed by atoms with Gasteiger partial charge in [0.2, 0.25) is 0 Å². The van der Waals surface area contributed by atoms with Crippen LogP contribution in [0.2, 0.25) is 5.02 Å². The highest BCUT2D eigenvalue weighted by Gasteiger charge is 2.21. The summed E-state index contributed by atoms with van der Waals surface area (Å²) in [7, 11) is 0. The van der Waals surface area contributed by atoms with Crippen molar-refractivity contribution in [1.29, 1.82) is 0 Å². The van der Waals surface area contributed by atoms with Gasteiger partial charge in [-0.1, -0.05) is 17.7 Å². The number of carbonyl (C=O) groups is 2. The number of hydrogen-bond acceptors (Lipinski definition) is 4. The van der Waals surface area contributed by atoms with Crippen LogP contribution in [0.5, 0.6) is 0 Å². The topological polar surface area (TPSA) is 52.6 Å². The van der Waals surface area contributed by atoms with Crippen LogP contribution in [-0.2, 0) is 19.1 Å². The molecule has 0 spiro atoms. The smallest absolute Gasteiger partial charge is 0.345 e. The van der Waals surface area contributed by atoms with Gasteiger partial charge in [-0.2, -0.15) is 0 Å². The average Bonchev–Trinajstić information content (AvgIpc) is 2.40. The molecule has 108 valence electrons. The zero-order valence-electron chi connectivity index (χ0n) is 11.7. The number of aryl methyl sites for hydroxylation is 1. The van der Waals surface area contributed by atoms with Crippen molar-refractivity contribution in [2.45, 2.75) is 20.8 Å². The predicted molar refractivity (Wildman–Crippen MR) is 77.4 cm³/mol. The third-order valence-corrected chi connectivity index (χ3v) is 2.77. The van der Waals surface area contributed by atoms with Gasteiger partial charge in [0.05, 0.1) is 13.2 Å². The summed E-state index contributed by atoms with van der Waals surface area (Å²) >= 11 is 5.92. The molecule has 0 aromatic heterocycles. The van der Waals surface area contributed by atoms with Gasteiger partial charge in [-0.15, -0.1) is 0 Å². The van der Waals surface area contributed by atoms with Gasteiger partial charge in [0, 0.05) is 5.02 Å². The molecule has 0 saturated heterocycles. The number of hydrogen-bond donors (Lipinski definition) is 0. The summed E-state index contributed by atoms with van der Waals surface area (Å²) in [6, 6.07) is 5.22. The Kier molecular flexibility index (Phi) is 6.25. The molecule has 0 N–H and O–H groups in total. The molecule has 0 bridgehead atoms. The second-order valence-corrected chi connectivity index (χ2v) is 4.44. The van der Waals surface area contributed by atoms with Crippen LogP contribution in [0.4, 0.5) is 0 Å². The van der Waals surface area contributed by atoms with Crippen LogP contribution in [0.25, 0.3) is 6.08 Å². The van der Waals surface area contributed by atoms with Crippen LogP contribution in [0, 0.1) is 6.92 Å². The first-order chi connectivity index (χ1) is 9.49. The van der Waals surface area contributed by atoms with E-state index in [9.17, 15) is 9.59 Å². The molecule has 0 amide bonds. The normalized spacial score (nSPS) is 9.80. The lowest BCUT2D eigenvalue weighted by Crippen LogP contribution is -2.18. The first kappa shape index (κ1) is 16.2. The van der Waals surface area contributed by atoms with Crippen LogP contribution in [0.1, 0.15) is 25.0 Å². The van der Waals surface area contributed by atoms with E-state index in [4.69, 9.17) is 21.1 Å². The zero-order chi connectivity index (χ0) is 15.1. The van der Waals surface area contributed by atoms with Crippen LogP contribution in [-0.4, -0.2) is 25.2 Å². The van der Waals surface area contributed by atoms with Crippen molar-refractivity contribution in [1.82, 2.24) is 0 Å². The third-order valence-electron chi connectivity index (χ3n) is 2.53. The van der Waals surface area contributed by atoms with Gasteiger partial charge in [-0.05, 0) is 50.1 Å². The van der Waals surface area contributed by atoms with Crippen molar-refractivity contribution < 1.29 is 19.1 Å². The molecule has 0 radical (unpaired) electrons. The molecule has 0 fully saturated rings. The molecule has 0 aliphatic heterocycles. The monoisotopic (exact) mass is 296 g/mol. The summed E-state index contributed by atoms with van der Waals surface area (Å²) in [6.07, 6.45) is 1.44. The summed E-state index contributed by atoms with van der Waals surface area (Å²) in [5, 5.41) is 0.522. The van der Waals surface area contributed by atoms with Crippen molar-refractivity contribution in [3.05, 3.63) is 39.9 Å². The molecule has 0 aliphatic carbocycles. The second kappa shape index (κ2) is 7.70. The van der Waals surface area contributed by atoms with E-state index in [1.165, 1.54) is 6.08 Å². The molecule has 1 rings (SSSR count). The van der Waals surface area contributed by atoms with Gasteiger partial charge in [0.1, 0.15) is 5.57 Å². The molecule has 1 aromatic carbocycles. The zero-order valence-corrected chi connectivity index (χ0v) is 12.5. The molecule has 0 unspecified atom stereocenters. The fraction of sp³-hybridized carbons (Fsp3) is 0.333. The van der Waals surface area contributed by atoms with Gasteiger partial charge >= 0.3 is 11.9 Å². The fourth-order valence-electron chi connectivity index (χ4n) is 1.54. The number of rotatable bonds is 5. The number of ether oxygens (including phenoxy) is 2. The highest BCUT2D eigenvalue weighted by atomic mass is 35.5. The first-order valence-corrected chi connectivity index (χ1v) is 6.69. The van der Waals surface area contributed by atoms with E-state index >= 15 is 0 Å². The minimum absolute atomic E-state index is 0.140. The molecular weight excluding hydrogens is 280 g/mol. The quantitative estimate of drug-likeness (QED) is 0.362. The van der Waals surface area contributed by atoms with Crippen LogP contribution < -0.4 is 0 Å². The number of halogens is 1. The van der Waals surface area contributed by atoms with Crippen LogP contribution >= 0.6 is 11.6 Å². The summed E-state index contributed by atoms with van der Waals surface area (Å²) in [6.45, 7) is 5.57. The van der Waals surface area contributed by atoms with E-state index in [0.717, 1.165) is 5.56 Å². The van der Waals surface area contributed by atoms with Gasteiger partial charge in [-0.3, -0.25) is 0 Å². The van der Waals surface area contributed by atoms with Crippen molar-refractivity contribution in [3.63, 3.8) is 0 Å². The number of carbonyl (C=O) groups excluding carboxylic acids is 2. The summed E-state index contributed by atoms with van der Waals surface area (Å²) < 4.78 is 9.75. The summed E-state index contributed by atoms with van der Waals surface area (Å²) in [5.41, 5.74) is 1.42. The van der Waals surface area contributed by atoms with E-state index in [1.54, 1.807) is 26.0 Å². The molecule has 1 aromatic rings. The Morgan fingerprint density at radius 1 is 1.15 bits per heavy atom. The Morgan fingerprint density at radius 3 is 2.20 bits per heavy atom. The molecular formula is C15H17ClO4. The lowest BCUT2D eigenvalue weighted by atomic mass is 10.1. The Morgan fingerprint density at radius 2 is 1.70 bits per heavy atom. The Labute approximate surface area is 123 Å². The van der Waals surface area contributed by atoms with Gasteiger partial charge < -0.3 is 9.47 Å². The Hall–Kier alpha value is -1.81. The number of benzene rings is 1. The first-order valence-electron chi connectivity index (χ1n) is 6.31.